The second kappa shape index (κ2) is 6.97. The van der Waals surface area contributed by atoms with Crippen LogP contribution in [-0.2, 0) is 6.42 Å². The first-order valence-electron chi connectivity index (χ1n) is 6.92. The van der Waals surface area contributed by atoms with Crippen LogP contribution in [0, 0.1) is 11.3 Å². The van der Waals surface area contributed by atoms with Crippen molar-refractivity contribution in [2.45, 2.75) is 47.1 Å². The summed E-state index contributed by atoms with van der Waals surface area (Å²) in [6.45, 7) is 12.2. The van der Waals surface area contributed by atoms with E-state index in [0.29, 0.717) is 12.0 Å². The maximum absolute atomic E-state index is 6.29. The minimum Gasteiger partial charge on any atom is -0.314 e. The highest BCUT2D eigenvalue weighted by Crippen LogP contribution is 2.34. The smallest absolute Gasteiger partial charge is 0.0439 e. The molecule has 108 valence electrons. The van der Waals surface area contributed by atoms with E-state index in [1.165, 1.54) is 0 Å². The van der Waals surface area contributed by atoms with Gasteiger partial charge in [-0.1, -0.05) is 57.8 Å². The zero-order valence-corrected chi connectivity index (χ0v) is 14.1. The van der Waals surface area contributed by atoms with Gasteiger partial charge in [0, 0.05) is 22.6 Å². The van der Waals surface area contributed by atoms with Crippen molar-refractivity contribution in [3.63, 3.8) is 0 Å². The second-order valence-electron chi connectivity index (χ2n) is 6.26. The summed E-state index contributed by atoms with van der Waals surface area (Å²) in [6, 6.07) is 6.20. The van der Waals surface area contributed by atoms with Crippen molar-refractivity contribution in [1.29, 1.82) is 0 Å². The van der Waals surface area contributed by atoms with Crippen LogP contribution in [0.5, 0.6) is 0 Å². The highest BCUT2D eigenvalue weighted by molar-refractivity contribution is 6.33. The Bertz CT molecular complexity index is 415. The third-order valence-electron chi connectivity index (χ3n) is 3.91. The average molecular weight is 302 g/mol. The van der Waals surface area contributed by atoms with Gasteiger partial charge in [-0.15, -0.1) is 0 Å². The molecule has 0 saturated heterocycles. The van der Waals surface area contributed by atoms with Crippen LogP contribution in [0.3, 0.4) is 0 Å². The van der Waals surface area contributed by atoms with Gasteiger partial charge in [0.2, 0.25) is 0 Å². The van der Waals surface area contributed by atoms with E-state index in [0.717, 1.165) is 28.6 Å². The van der Waals surface area contributed by atoms with Crippen molar-refractivity contribution in [2.24, 2.45) is 11.3 Å². The predicted octanol–water partition coefficient (Wildman–Crippen LogP) is 5.20. The van der Waals surface area contributed by atoms with E-state index < -0.39 is 0 Å². The molecule has 0 amide bonds. The van der Waals surface area contributed by atoms with E-state index in [9.17, 15) is 0 Å². The normalized spacial score (nSPS) is 15.0. The molecule has 1 rings (SSSR count). The van der Waals surface area contributed by atoms with Gasteiger partial charge in [-0.3, -0.25) is 0 Å². The number of nitrogens with one attached hydrogen (secondary N) is 1. The van der Waals surface area contributed by atoms with E-state index >= 15 is 0 Å². The lowest BCUT2D eigenvalue weighted by molar-refractivity contribution is 0.202. The van der Waals surface area contributed by atoms with Gasteiger partial charge in [0.25, 0.3) is 0 Å². The van der Waals surface area contributed by atoms with Gasteiger partial charge in [-0.2, -0.15) is 0 Å². The number of hydrogen-bond donors (Lipinski definition) is 1. The summed E-state index contributed by atoms with van der Waals surface area (Å²) >= 11 is 12.4. The van der Waals surface area contributed by atoms with Gasteiger partial charge in [0.1, 0.15) is 0 Å². The fraction of sp³-hybridized carbons (Fsp3) is 0.625. The molecule has 0 spiro atoms. The second-order valence-corrected chi connectivity index (χ2v) is 7.10. The molecule has 1 unspecified atom stereocenters. The van der Waals surface area contributed by atoms with Crippen LogP contribution in [-0.4, -0.2) is 12.6 Å². The minimum absolute atomic E-state index is 0.165. The molecule has 0 aliphatic heterocycles. The predicted molar refractivity (Wildman–Crippen MR) is 86.2 cm³/mol. The molecule has 0 heterocycles. The molecule has 3 heteroatoms. The molecule has 0 radical (unpaired) electrons. The van der Waals surface area contributed by atoms with Gasteiger partial charge < -0.3 is 5.32 Å². The van der Waals surface area contributed by atoms with Crippen molar-refractivity contribution in [1.82, 2.24) is 5.32 Å². The van der Waals surface area contributed by atoms with Crippen molar-refractivity contribution < 1.29 is 0 Å². The van der Waals surface area contributed by atoms with Crippen molar-refractivity contribution in [2.75, 3.05) is 6.54 Å². The number of rotatable bonds is 6. The third-order valence-corrected chi connectivity index (χ3v) is 4.51. The van der Waals surface area contributed by atoms with E-state index in [1.54, 1.807) is 0 Å². The first-order valence-corrected chi connectivity index (χ1v) is 7.67. The monoisotopic (exact) mass is 301 g/mol. The third kappa shape index (κ3) is 4.98. The molecule has 1 aromatic carbocycles. The molecule has 0 aliphatic rings. The van der Waals surface area contributed by atoms with Gasteiger partial charge in [-0.05, 0) is 41.5 Å². The average Bonchev–Trinajstić information content (AvgIpc) is 2.31. The van der Waals surface area contributed by atoms with Gasteiger partial charge in [-0.25, -0.2) is 0 Å². The van der Waals surface area contributed by atoms with Crippen LogP contribution in [0.1, 0.15) is 40.2 Å². The molecule has 1 N–H and O–H groups in total. The van der Waals surface area contributed by atoms with Crippen LogP contribution >= 0.6 is 23.2 Å². The molecule has 1 nitrogen and oxygen atoms in total. The molecule has 0 aromatic heterocycles. The minimum atomic E-state index is 0.165. The van der Waals surface area contributed by atoms with Crippen molar-refractivity contribution in [3.05, 3.63) is 33.8 Å². The molecule has 1 atom stereocenters. The molecule has 1 aromatic rings. The number of hydrogen-bond acceptors (Lipinski definition) is 1. The summed E-state index contributed by atoms with van der Waals surface area (Å²) in [5.41, 5.74) is 1.30. The summed E-state index contributed by atoms with van der Waals surface area (Å²) in [5, 5.41) is 5.10. The Morgan fingerprint density at radius 3 is 2.32 bits per heavy atom. The van der Waals surface area contributed by atoms with E-state index in [1.807, 2.05) is 18.2 Å². The first kappa shape index (κ1) is 16.8. The van der Waals surface area contributed by atoms with Crippen molar-refractivity contribution >= 4 is 23.2 Å². The fourth-order valence-corrected chi connectivity index (χ4v) is 2.40. The number of halogens is 2. The fourth-order valence-electron chi connectivity index (χ4n) is 2.02. The van der Waals surface area contributed by atoms with Gasteiger partial charge in [0.15, 0.2) is 0 Å². The van der Waals surface area contributed by atoms with E-state index in [-0.39, 0.29) is 5.41 Å². The molecule has 19 heavy (non-hydrogen) atoms. The van der Waals surface area contributed by atoms with Crippen LogP contribution in [0.25, 0.3) is 0 Å². The van der Waals surface area contributed by atoms with Crippen LogP contribution in [0.4, 0.5) is 0 Å². The SMILES string of the molecule is CC(C)NCC(C)(Cc1cc(Cl)ccc1Cl)C(C)C. The summed E-state index contributed by atoms with van der Waals surface area (Å²) in [7, 11) is 0. The maximum atomic E-state index is 6.29. The molecule has 0 fully saturated rings. The lowest BCUT2D eigenvalue weighted by Crippen LogP contribution is -2.40. The van der Waals surface area contributed by atoms with Crippen LogP contribution in [0.15, 0.2) is 18.2 Å². The van der Waals surface area contributed by atoms with Gasteiger partial charge in [0.05, 0.1) is 0 Å². The Hall–Kier alpha value is -0.240. The molecule has 0 saturated carbocycles. The summed E-state index contributed by atoms with van der Waals surface area (Å²) in [6.07, 6.45) is 0.934. The molecular formula is C16H25Cl2N. The maximum Gasteiger partial charge on any atom is 0.0439 e. The lowest BCUT2D eigenvalue weighted by Gasteiger charge is -2.35. The lowest BCUT2D eigenvalue weighted by atomic mass is 9.74. The Labute approximate surface area is 127 Å². The quantitative estimate of drug-likeness (QED) is 0.762. The Morgan fingerprint density at radius 2 is 1.79 bits per heavy atom. The molecular weight excluding hydrogens is 277 g/mol. The largest absolute Gasteiger partial charge is 0.314 e. The summed E-state index contributed by atoms with van der Waals surface area (Å²) in [5.74, 6) is 0.564. The van der Waals surface area contributed by atoms with Gasteiger partial charge >= 0.3 is 0 Å². The highest BCUT2D eigenvalue weighted by atomic mass is 35.5. The van der Waals surface area contributed by atoms with E-state index in [4.69, 9.17) is 23.2 Å². The van der Waals surface area contributed by atoms with Crippen molar-refractivity contribution in [3.8, 4) is 0 Å². The molecule has 0 bridgehead atoms. The summed E-state index contributed by atoms with van der Waals surface area (Å²) in [4.78, 5) is 0. The topological polar surface area (TPSA) is 12.0 Å². The standard InChI is InChI=1S/C16H25Cl2N/c1-11(2)16(5,10-19-12(3)4)9-13-8-14(17)6-7-15(13)18/h6-8,11-12,19H,9-10H2,1-5H3. The highest BCUT2D eigenvalue weighted by Gasteiger charge is 2.29. The number of benzene rings is 1. The van der Waals surface area contributed by atoms with Crippen LogP contribution < -0.4 is 5.32 Å². The zero-order valence-electron chi connectivity index (χ0n) is 12.6. The van der Waals surface area contributed by atoms with Crippen LogP contribution in [0.2, 0.25) is 10.0 Å². The molecule has 0 aliphatic carbocycles. The Morgan fingerprint density at radius 1 is 1.16 bits per heavy atom. The Balaban J connectivity index is 2.91. The van der Waals surface area contributed by atoms with E-state index in [2.05, 4.69) is 39.9 Å². The zero-order chi connectivity index (χ0) is 14.6. The first-order chi connectivity index (χ1) is 8.74. The Kier molecular flexibility index (Phi) is 6.16. The summed E-state index contributed by atoms with van der Waals surface area (Å²) < 4.78 is 0.